The molecular weight excluding hydrogens is 288 g/mol. The number of aryl methyl sites for hydroxylation is 2. The zero-order chi connectivity index (χ0) is 16.3. The summed E-state index contributed by atoms with van der Waals surface area (Å²) in [4.78, 5) is 20.7. The molecule has 22 heavy (non-hydrogen) atoms. The molecule has 2 aromatic rings. The fraction of sp³-hybridized carbons (Fsp3) is 0.143. The Morgan fingerprint density at radius 2 is 1.55 bits per heavy atom. The van der Waals surface area contributed by atoms with Crippen LogP contribution in [0.3, 0.4) is 0 Å². The molecule has 8 heteroatoms. The van der Waals surface area contributed by atoms with E-state index in [1.165, 1.54) is 18.2 Å². The maximum absolute atomic E-state index is 10.9. The van der Waals surface area contributed by atoms with Crippen LogP contribution < -0.4 is 10.9 Å². The van der Waals surface area contributed by atoms with E-state index >= 15 is 0 Å². The van der Waals surface area contributed by atoms with Gasteiger partial charge in [0.05, 0.1) is 21.2 Å². The van der Waals surface area contributed by atoms with Crippen molar-refractivity contribution < 1.29 is 9.85 Å². The number of anilines is 2. The van der Waals surface area contributed by atoms with Gasteiger partial charge >= 0.3 is 0 Å². The van der Waals surface area contributed by atoms with Gasteiger partial charge in [0.25, 0.3) is 11.4 Å². The van der Waals surface area contributed by atoms with E-state index in [0.29, 0.717) is 16.9 Å². The first-order chi connectivity index (χ1) is 10.4. The van der Waals surface area contributed by atoms with Crippen molar-refractivity contribution in [1.29, 1.82) is 0 Å². The van der Waals surface area contributed by atoms with Crippen molar-refractivity contribution in [2.24, 2.45) is 0 Å². The average Bonchev–Trinajstić information content (AvgIpc) is 2.47. The van der Waals surface area contributed by atoms with Gasteiger partial charge in [-0.1, -0.05) is 12.1 Å². The van der Waals surface area contributed by atoms with Crippen molar-refractivity contribution in [2.75, 3.05) is 10.9 Å². The van der Waals surface area contributed by atoms with E-state index in [9.17, 15) is 20.2 Å². The number of non-ortho nitro benzene ring substituents is 1. The van der Waals surface area contributed by atoms with Crippen molar-refractivity contribution in [3.63, 3.8) is 0 Å². The highest BCUT2D eigenvalue weighted by molar-refractivity contribution is 5.62. The third-order valence-corrected chi connectivity index (χ3v) is 3.18. The lowest BCUT2D eigenvalue weighted by molar-refractivity contribution is -0.385. The molecule has 2 N–H and O–H groups in total. The number of nitro benzene ring substituents is 2. The van der Waals surface area contributed by atoms with E-state index < -0.39 is 9.85 Å². The highest BCUT2D eigenvalue weighted by Gasteiger charge is 2.12. The summed E-state index contributed by atoms with van der Waals surface area (Å²) in [5, 5.41) is 21.7. The number of hydrogen-bond acceptors (Lipinski definition) is 6. The summed E-state index contributed by atoms with van der Waals surface area (Å²) in [6.45, 7) is 3.45. The Kier molecular flexibility index (Phi) is 4.21. The maximum atomic E-state index is 10.9. The number of nitro groups is 2. The standard InChI is InChI=1S/C14H14N4O4/c1-9-4-6-12(17(19)20)8-13(9)16-15-11-5-3-10(2)14(7-11)18(21)22/h3-8,15-16H,1-2H3. The van der Waals surface area contributed by atoms with Crippen molar-refractivity contribution in [3.8, 4) is 0 Å². The molecule has 0 unspecified atom stereocenters. The Bertz CT molecular complexity index is 746. The second kappa shape index (κ2) is 6.08. The van der Waals surface area contributed by atoms with Crippen molar-refractivity contribution >= 4 is 22.7 Å². The van der Waals surface area contributed by atoms with Gasteiger partial charge in [-0.05, 0) is 25.5 Å². The second-order valence-corrected chi connectivity index (χ2v) is 4.76. The molecule has 0 saturated heterocycles. The number of hydrogen-bond donors (Lipinski definition) is 2. The van der Waals surface area contributed by atoms with Crippen molar-refractivity contribution in [2.45, 2.75) is 13.8 Å². The Morgan fingerprint density at radius 1 is 0.864 bits per heavy atom. The lowest BCUT2D eigenvalue weighted by Crippen LogP contribution is -2.10. The van der Waals surface area contributed by atoms with Gasteiger partial charge in [0, 0.05) is 23.8 Å². The minimum Gasteiger partial charge on any atom is -0.301 e. The van der Waals surface area contributed by atoms with Crippen LogP contribution in [0.4, 0.5) is 22.7 Å². The molecule has 0 aliphatic carbocycles. The summed E-state index contributed by atoms with van der Waals surface area (Å²) in [7, 11) is 0. The zero-order valence-electron chi connectivity index (χ0n) is 12.0. The van der Waals surface area contributed by atoms with Crippen LogP contribution in [-0.4, -0.2) is 9.85 Å². The summed E-state index contributed by atoms with van der Waals surface area (Å²) in [6, 6.07) is 9.14. The fourth-order valence-corrected chi connectivity index (χ4v) is 1.88. The predicted molar refractivity (Wildman–Crippen MR) is 82.9 cm³/mol. The summed E-state index contributed by atoms with van der Waals surface area (Å²) < 4.78 is 0. The quantitative estimate of drug-likeness (QED) is 0.645. The normalized spacial score (nSPS) is 10.1. The van der Waals surface area contributed by atoms with Crippen molar-refractivity contribution in [3.05, 3.63) is 67.8 Å². The Hall–Kier alpha value is -3.16. The van der Waals surface area contributed by atoms with Gasteiger partial charge in [-0.2, -0.15) is 0 Å². The van der Waals surface area contributed by atoms with E-state index in [1.54, 1.807) is 32.0 Å². The van der Waals surface area contributed by atoms with Crippen LogP contribution in [0.2, 0.25) is 0 Å². The third-order valence-electron chi connectivity index (χ3n) is 3.18. The first kappa shape index (κ1) is 15.2. The molecule has 114 valence electrons. The molecule has 8 nitrogen and oxygen atoms in total. The SMILES string of the molecule is Cc1ccc([N+](=O)[O-])cc1NNc1ccc(C)c([N+](=O)[O-])c1. The van der Waals surface area contributed by atoms with Crippen LogP contribution in [0.25, 0.3) is 0 Å². The molecule has 0 bridgehead atoms. The van der Waals surface area contributed by atoms with E-state index in [2.05, 4.69) is 10.9 Å². The molecule has 0 aliphatic rings. The minimum absolute atomic E-state index is 0.00237. The number of rotatable bonds is 5. The molecule has 2 rings (SSSR count). The molecule has 0 heterocycles. The Labute approximate surface area is 126 Å². The predicted octanol–water partition coefficient (Wildman–Crippen LogP) is 3.56. The van der Waals surface area contributed by atoms with Crippen LogP contribution in [0.1, 0.15) is 11.1 Å². The maximum Gasteiger partial charge on any atom is 0.274 e. The first-order valence-corrected chi connectivity index (χ1v) is 6.40. The van der Waals surface area contributed by atoms with Gasteiger partial charge in [0.2, 0.25) is 0 Å². The first-order valence-electron chi connectivity index (χ1n) is 6.40. The van der Waals surface area contributed by atoms with Gasteiger partial charge in [0.1, 0.15) is 0 Å². The average molecular weight is 302 g/mol. The number of hydrazine groups is 1. The highest BCUT2D eigenvalue weighted by Crippen LogP contribution is 2.24. The summed E-state index contributed by atoms with van der Waals surface area (Å²) in [5.74, 6) is 0. The van der Waals surface area contributed by atoms with Crippen molar-refractivity contribution in [1.82, 2.24) is 0 Å². The number of nitrogens with one attached hydrogen (secondary N) is 2. The van der Waals surface area contributed by atoms with Gasteiger partial charge in [-0.3, -0.25) is 20.2 Å². The third kappa shape index (κ3) is 3.29. The van der Waals surface area contributed by atoms with Crippen LogP contribution in [0.15, 0.2) is 36.4 Å². The molecule has 0 aliphatic heterocycles. The van der Waals surface area contributed by atoms with E-state index in [1.807, 2.05) is 0 Å². The van der Waals surface area contributed by atoms with E-state index in [-0.39, 0.29) is 11.4 Å². The molecular formula is C14H14N4O4. The molecule has 0 spiro atoms. The minimum atomic E-state index is -0.485. The van der Waals surface area contributed by atoms with Gasteiger partial charge in [0.15, 0.2) is 0 Å². The van der Waals surface area contributed by atoms with E-state index in [0.717, 1.165) is 5.56 Å². The van der Waals surface area contributed by atoms with Crippen LogP contribution in [-0.2, 0) is 0 Å². The molecule has 0 saturated carbocycles. The topological polar surface area (TPSA) is 110 Å². The smallest absolute Gasteiger partial charge is 0.274 e. The molecule has 0 fully saturated rings. The van der Waals surface area contributed by atoms with E-state index in [4.69, 9.17) is 0 Å². The van der Waals surface area contributed by atoms with Crippen LogP contribution >= 0.6 is 0 Å². The molecule has 0 radical (unpaired) electrons. The van der Waals surface area contributed by atoms with Gasteiger partial charge in [-0.15, -0.1) is 0 Å². The number of nitrogens with zero attached hydrogens (tertiary/aromatic N) is 2. The largest absolute Gasteiger partial charge is 0.301 e. The Morgan fingerprint density at radius 3 is 2.18 bits per heavy atom. The lowest BCUT2D eigenvalue weighted by atomic mass is 10.2. The fourth-order valence-electron chi connectivity index (χ4n) is 1.88. The molecule has 2 aromatic carbocycles. The molecule has 0 atom stereocenters. The summed E-state index contributed by atoms with van der Waals surface area (Å²) in [5.41, 5.74) is 7.99. The second-order valence-electron chi connectivity index (χ2n) is 4.76. The molecule has 0 aromatic heterocycles. The van der Waals surface area contributed by atoms with Gasteiger partial charge < -0.3 is 10.9 Å². The number of benzene rings is 2. The monoisotopic (exact) mass is 302 g/mol. The van der Waals surface area contributed by atoms with Gasteiger partial charge in [-0.25, -0.2) is 0 Å². The molecule has 0 amide bonds. The lowest BCUT2D eigenvalue weighted by Gasteiger charge is -2.12. The summed E-state index contributed by atoms with van der Waals surface area (Å²) in [6.07, 6.45) is 0. The zero-order valence-corrected chi connectivity index (χ0v) is 12.0. The Balaban J connectivity index is 2.20. The highest BCUT2D eigenvalue weighted by atomic mass is 16.6. The summed E-state index contributed by atoms with van der Waals surface area (Å²) >= 11 is 0. The van der Waals surface area contributed by atoms with Crippen LogP contribution in [0.5, 0.6) is 0 Å². The van der Waals surface area contributed by atoms with Crippen LogP contribution in [0, 0.1) is 34.1 Å².